The predicted octanol–water partition coefficient (Wildman–Crippen LogP) is 4.47. The molecule has 2 aromatic rings. The number of hydrogen-bond donors (Lipinski definition) is 0. The fourth-order valence-corrected chi connectivity index (χ4v) is 2.83. The zero-order valence-corrected chi connectivity index (χ0v) is 13.2. The van der Waals surface area contributed by atoms with Gasteiger partial charge >= 0.3 is 0 Å². The minimum atomic E-state index is 0.161. The Kier molecular flexibility index (Phi) is 4.96. The van der Waals surface area contributed by atoms with E-state index < -0.39 is 0 Å². The van der Waals surface area contributed by atoms with Gasteiger partial charge in [-0.15, -0.1) is 0 Å². The predicted molar refractivity (Wildman–Crippen MR) is 84.0 cm³/mol. The molecule has 0 bridgehead atoms. The highest BCUT2D eigenvalue weighted by atomic mass is 79.9. The van der Waals surface area contributed by atoms with Gasteiger partial charge in [0.15, 0.2) is 0 Å². The lowest BCUT2D eigenvalue weighted by molar-refractivity contribution is -0.116. The molecular formula is C17H17BrO2. The summed E-state index contributed by atoms with van der Waals surface area (Å²) in [5.41, 5.74) is 3.17. The fraction of sp³-hybridized carbons (Fsp3) is 0.235. The first-order chi connectivity index (χ1) is 9.56. The van der Waals surface area contributed by atoms with Gasteiger partial charge in [-0.25, -0.2) is 0 Å². The van der Waals surface area contributed by atoms with Gasteiger partial charge in [-0.2, -0.15) is 0 Å². The Morgan fingerprint density at radius 3 is 2.45 bits per heavy atom. The summed E-state index contributed by atoms with van der Waals surface area (Å²) in [6.07, 6.45) is 0.457. The van der Waals surface area contributed by atoms with Gasteiger partial charge in [-0.1, -0.05) is 36.4 Å². The van der Waals surface area contributed by atoms with Crippen LogP contribution in [0.15, 0.2) is 46.9 Å². The van der Waals surface area contributed by atoms with E-state index in [2.05, 4.69) is 15.9 Å². The summed E-state index contributed by atoms with van der Waals surface area (Å²) in [4.78, 5) is 11.2. The van der Waals surface area contributed by atoms with Crippen LogP contribution in [0.1, 0.15) is 23.6 Å². The van der Waals surface area contributed by atoms with Crippen molar-refractivity contribution in [2.75, 3.05) is 0 Å². The number of halogens is 1. The molecule has 0 atom stereocenters. The number of carbonyl (C=O) groups excluding carboxylic acids is 1. The Balaban J connectivity index is 2.14. The molecule has 0 aliphatic rings. The van der Waals surface area contributed by atoms with Crippen LogP contribution >= 0.6 is 15.9 Å². The summed E-state index contributed by atoms with van der Waals surface area (Å²) >= 11 is 3.53. The van der Waals surface area contributed by atoms with Crippen molar-refractivity contribution in [3.8, 4) is 5.75 Å². The van der Waals surface area contributed by atoms with E-state index in [1.807, 2.05) is 49.4 Å². The van der Waals surface area contributed by atoms with Crippen molar-refractivity contribution >= 4 is 21.7 Å². The lowest BCUT2D eigenvalue weighted by atomic mass is 10.1. The van der Waals surface area contributed by atoms with Crippen LogP contribution in [0.25, 0.3) is 0 Å². The van der Waals surface area contributed by atoms with E-state index >= 15 is 0 Å². The van der Waals surface area contributed by atoms with Crippen molar-refractivity contribution in [1.29, 1.82) is 0 Å². The number of rotatable bonds is 5. The maximum absolute atomic E-state index is 11.2. The quantitative estimate of drug-likeness (QED) is 0.807. The van der Waals surface area contributed by atoms with Crippen LogP contribution in [-0.4, -0.2) is 5.78 Å². The molecule has 0 heterocycles. The van der Waals surface area contributed by atoms with E-state index in [0.29, 0.717) is 13.0 Å². The maximum atomic E-state index is 11.2. The first-order valence-corrected chi connectivity index (χ1v) is 7.30. The zero-order valence-electron chi connectivity index (χ0n) is 11.7. The highest BCUT2D eigenvalue weighted by molar-refractivity contribution is 9.10. The van der Waals surface area contributed by atoms with Gasteiger partial charge in [0.25, 0.3) is 0 Å². The average Bonchev–Trinajstić information content (AvgIpc) is 2.38. The highest BCUT2D eigenvalue weighted by Crippen LogP contribution is 2.31. The number of carbonyl (C=O) groups is 1. The second-order valence-corrected chi connectivity index (χ2v) is 5.73. The van der Waals surface area contributed by atoms with Crippen LogP contribution in [0.4, 0.5) is 0 Å². The van der Waals surface area contributed by atoms with E-state index in [9.17, 15) is 4.79 Å². The number of ketones is 1. The molecule has 0 aliphatic heterocycles. The molecule has 0 radical (unpaired) electrons. The standard InChI is InChI=1S/C17H17BrO2/c1-12-8-15(9-13(2)19)10-16(18)17(12)20-11-14-6-4-3-5-7-14/h3-8,10H,9,11H2,1-2H3. The van der Waals surface area contributed by atoms with Gasteiger partial charge in [0.05, 0.1) is 4.47 Å². The smallest absolute Gasteiger partial charge is 0.136 e. The summed E-state index contributed by atoms with van der Waals surface area (Å²) in [5.74, 6) is 0.996. The Labute approximate surface area is 127 Å². The SMILES string of the molecule is CC(=O)Cc1cc(C)c(OCc2ccccc2)c(Br)c1. The van der Waals surface area contributed by atoms with Crippen molar-refractivity contribution in [3.63, 3.8) is 0 Å². The first kappa shape index (κ1) is 14.8. The van der Waals surface area contributed by atoms with Crippen molar-refractivity contribution in [3.05, 3.63) is 63.6 Å². The number of ether oxygens (including phenoxy) is 1. The van der Waals surface area contributed by atoms with Gasteiger partial charge in [0, 0.05) is 6.42 Å². The number of hydrogen-bond acceptors (Lipinski definition) is 2. The molecule has 2 nitrogen and oxygen atoms in total. The lowest BCUT2D eigenvalue weighted by Crippen LogP contribution is -2.01. The van der Waals surface area contributed by atoms with E-state index in [4.69, 9.17) is 4.74 Å². The molecule has 3 heteroatoms. The molecule has 0 aromatic heterocycles. The molecule has 0 fully saturated rings. The molecular weight excluding hydrogens is 316 g/mol. The van der Waals surface area contributed by atoms with E-state index in [1.54, 1.807) is 6.92 Å². The fourth-order valence-electron chi connectivity index (χ4n) is 2.10. The second-order valence-electron chi connectivity index (χ2n) is 4.88. The van der Waals surface area contributed by atoms with Crippen LogP contribution in [0.5, 0.6) is 5.75 Å². The van der Waals surface area contributed by atoms with Gasteiger partial charge < -0.3 is 4.74 Å². The minimum Gasteiger partial charge on any atom is -0.487 e. The molecule has 2 rings (SSSR count). The largest absolute Gasteiger partial charge is 0.487 e. The first-order valence-electron chi connectivity index (χ1n) is 6.51. The number of aryl methyl sites for hydroxylation is 1. The third-order valence-corrected chi connectivity index (χ3v) is 3.56. The lowest BCUT2D eigenvalue weighted by Gasteiger charge is -2.13. The molecule has 104 valence electrons. The molecule has 2 aromatic carbocycles. The van der Waals surface area contributed by atoms with Crippen molar-refractivity contribution in [2.45, 2.75) is 26.9 Å². The molecule has 0 saturated heterocycles. The van der Waals surface area contributed by atoms with E-state index in [1.165, 1.54) is 0 Å². The third-order valence-electron chi connectivity index (χ3n) is 2.97. The monoisotopic (exact) mass is 332 g/mol. The van der Waals surface area contributed by atoms with Gasteiger partial charge in [-0.05, 0) is 52.5 Å². The van der Waals surface area contributed by atoms with Gasteiger partial charge in [0.2, 0.25) is 0 Å². The molecule has 20 heavy (non-hydrogen) atoms. The summed E-state index contributed by atoms with van der Waals surface area (Å²) in [7, 11) is 0. The Bertz CT molecular complexity index is 583. The van der Waals surface area contributed by atoms with Gasteiger partial charge in [0.1, 0.15) is 18.1 Å². The van der Waals surface area contributed by atoms with Crippen LogP contribution in [0.2, 0.25) is 0 Å². The van der Waals surface area contributed by atoms with Gasteiger partial charge in [-0.3, -0.25) is 4.79 Å². The number of Topliss-reactive ketones (excluding diaryl/α,β-unsaturated/α-hetero) is 1. The van der Waals surface area contributed by atoms with Crippen LogP contribution in [0.3, 0.4) is 0 Å². The van der Waals surface area contributed by atoms with Crippen molar-refractivity contribution < 1.29 is 9.53 Å². The van der Waals surface area contributed by atoms with Crippen molar-refractivity contribution in [2.24, 2.45) is 0 Å². The molecule has 0 unspecified atom stereocenters. The maximum Gasteiger partial charge on any atom is 0.136 e. The second kappa shape index (κ2) is 6.71. The molecule has 0 saturated carbocycles. The highest BCUT2D eigenvalue weighted by Gasteiger charge is 2.09. The summed E-state index contributed by atoms with van der Waals surface area (Å²) in [6.45, 7) is 4.13. The normalized spacial score (nSPS) is 10.3. The van der Waals surface area contributed by atoms with Crippen molar-refractivity contribution in [1.82, 2.24) is 0 Å². The Morgan fingerprint density at radius 1 is 1.15 bits per heavy atom. The summed E-state index contributed by atoms with van der Waals surface area (Å²) < 4.78 is 6.78. The molecule has 0 N–H and O–H groups in total. The molecule has 0 spiro atoms. The summed E-state index contributed by atoms with van der Waals surface area (Å²) in [6, 6.07) is 14.0. The third kappa shape index (κ3) is 3.94. The average molecular weight is 333 g/mol. The Hall–Kier alpha value is -1.61. The Morgan fingerprint density at radius 2 is 1.85 bits per heavy atom. The van der Waals surface area contributed by atoms with E-state index in [0.717, 1.165) is 26.9 Å². The molecule has 0 amide bonds. The topological polar surface area (TPSA) is 26.3 Å². The van der Waals surface area contributed by atoms with Crippen LogP contribution in [-0.2, 0) is 17.8 Å². The van der Waals surface area contributed by atoms with Crippen LogP contribution in [0, 0.1) is 6.92 Å². The summed E-state index contributed by atoms with van der Waals surface area (Å²) in [5, 5.41) is 0. The molecule has 0 aliphatic carbocycles. The minimum absolute atomic E-state index is 0.161. The van der Waals surface area contributed by atoms with E-state index in [-0.39, 0.29) is 5.78 Å². The number of benzene rings is 2. The van der Waals surface area contributed by atoms with Crippen LogP contribution < -0.4 is 4.74 Å². The zero-order chi connectivity index (χ0) is 14.5.